The predicted molar refractivity (Wildman–Crippen MR) is 133 cm³/mol. The number of nitrogens with one attached hydrogen (secondary N) is 2. The van der Waals surface area contributed by atoms with Crippen LogP contribution in [0.5, 0.6) is 0 Å². The third-order valence-electron chi connectivity index (χ3n) is 4.71. The largest absolute Gasteiger partial charge is 0.351 e. The molecule has 2 N–H and O–H groups in total. The van der Waals surface area contributed by atoms with Crippen LogP contribution in [0.25, 0.3) is 0 Å². The minimum absolute atomic E-state index is 0.00459. The van der Waals surface area contributed by atoms with Crippen molar-refractivity contribution in [2.45, 2.75) is 17.6 Å². The quantitative estimate of drug-likeness (QED) is 0.340. The zero-order valence-electron chi connectivity index (χ0n) is 17.6. The molecule has 0 aliphatic rings. The normalized spacial score (nSPS) is 11.3. The van der Waals surface area contributed by atoms with Gasteiger partial charge in [0.1, 0.15) is 10.7 Å². The number of para-hydroxylation sites is 1. The van der Waals surface area contributed by atoms with Gasteiger partial charge in [-0.15, -0.1) is 0 Å². The lowest BCUT2D eigenvalue weighted by Gasteiger charge is -2.13. The molecule has 174 valence electrons. The summed E-state index contributed by atoms with van der Waals surface area (Å²) >= 11 is 13.6. The summed E-state index contributed by atoms with van der Waals surface area (Å²) in [4.78, 5) is 12.3. The van der Waals surface area contributed by atoms with Crippen molar-refractivity contribution in [2.75, 3.05) is 17.0 Å². The van der Waals surface area contributed by atoms with Gasteiger partial charge < -0.3 is 5.32 Å². The Hall–Kier alpha value is -2.26. The number of anilines is 1. The summed E-state index contributed by atoms with van der Waals surface area (Å²) in [6.07, 6.45) is 0. The number of hydrogen-bond donors (Lipinski definition) is 2. The monoisotopic (exact) mass is 526 g/mol. The van der Waals surface area contributed by atoms with Crippen LogP contribution in [0, 0.1) is 12.7 Å². The fourth-order valence-corrected chi connectivity index (χ4v) is 5.78. The number of halogens is 3. The van der Waals surface area contributed by atoms with Crippen LogP contribution >= 0.6 is 35.0 Å². The van der Waals surface area contributed by atoms with Crippen LogP contribution in [-0.2, 0) is 15.8 Å². The number of benzene rings is 3. The minimum Gasteiger partial charge on any atom is -0.351 e. The van der Waals surface area contributed by atoms with E-state index in [4.69, 9.17) is 23.2 Å². The molecule has 5 nitrogen and oxygen atoms in total. The average molecular weight is 527 g/mol. The summed E-state index contributed by atoms with van der Waals surface area (Å²) in [7, 11) is -4.00. The number of carbonyl (C=O) groups is 1. The highest BCUT2D eigenvalue weighted by atomic mass is 35.5. The molecule has 33 heavy (non-hydrogen) atoms. The highest BCUT2D eigenvalue weighted by Crippen LogP contribution is 2.27. The number of carbonyl (C=O) groups excluding carboxylic acids is 1. The molecular formula is C23H21Cl2FN2O3S2. The first kappa shape index (κ1) is 25.4. The first-order valence-corrected chi connectivity index (χ1v) is 13.3. The molecule has 0 spiro atoms. The molecule has 0 bridgehead atoms. The first-order valence-electron chi connectivity index (χ1n) is 9.86. The average Bonchev–Trinajstić information content (AvgIpc) is 2.77. The van der Waals surface area contributed by atoms with E-state index in [9.17, 15) is 17.6 Å². The van der Waals surface area contributed by atoms with Gasteiger partial charge in [-0.05, 0) is 48.9 Å². The van der Waals surface area contributed by atoms with Crippen molar-refractivity contribution < 1.29 is 17.6 Å². The van der Waals surface area contributed by atoms with E-state index in [1.165, 1.54) is 36.0 Å². The Bertz CT molecular complexity index is 1250. The van der Waals surface area contributed by atoms with Gasteiger partial charge in [0, 0.05) is 34.2 Å². The molecule has 0 saturated carbocycles. The van der Waals surface area contributed by atoms with Gasteiger partial charge in [-0.25, -0.2) is 12.8 Å². The van der Waals surface area contributed by atoms with Gasteiger partial charge >= 0.3 is 0 Å². The number of rotatable bonds is 9. The Morgan fingerprint density at radius 1 is 1.03 bits per heavy atom. The Morgan fingerprint density at radius 3 is 2.52 bits per heavy atom. The molecule has 0 heterocycles. The van der Waals surface area contributed by atoms with Gasteiger partial charge in [-0.1, -0.05) is 47.5 Å². The molecule has 0 fully saturated rings. The molecule has 0 aromatic heterocycles. The first-order chi connectivity index (χ1) is 15.7. The van der Waals surface area contributed by atoms with E-state index in [1.54, 1.807) is 43.3 Å². The summed E-state index contributed by atoms with van der Waals surface area (Å²) in [5.41, 5.74) is 1.76. The maximum atomic E-state index is 13.8. The lowest BCUT2D eigenvalue weighted by Crippen LogP contribution is -2.26. The fourth-order valence-electron chi connectivity index (χ4n) is 2.92. The lowest BCUT2D eigenvalue weighted by molar-refractivity contribution is 0.0956. The van der Waals surface area contributed by atoms with Gasteiger partial charge in [0.05, 0.1) is 10.7 Å². The molecule has 3 aromatic carbocycles. The lowest BCUT2D eigenvalue weighted by atomic mass is 10.2. The summed E-state index contributed by atoms with van der Waals surface area (Å²) in [6.45, 7) is 2.09. The summed E-state index contributed by atoms with van der Waals surface area (Å²) in [6, 6.07) is 15.5. The zero-order valence-corrected chi connectivity index (χ0v) is 20.7. The summed E-state index contributed by atoms with van der Waals surface area (Å²) in [5.74, 6) is 0.0796. The number of aryl methyl sites for hydroxylation is 1. The second kappa shape index (κ2) is 11.2. The molecule has 0 atom stereocenters. The summed E-state index contributed by atoms with van der Waals surface area (Å²) < 4.78 is 42.0. The highest BCUT2D eigenvalue weighted by Gasteiger charge is 2.21. The van der Waals surface area contributed by atoms with Crippen molar-refractivity contribution >= 4 is 56.6 Å². The van der Waals surface area contributed by atoms with Crippen LogP contribution in [-0.4, -0.2) is 26.6 Å². The van der Waals surface area contributed by atoms with Gasteiger partial charge in [-0.3, -0.25) is 9.52 Å². The van der Waals surface area contributed by atoms with Crippen LogP contribution < -0.4 is 10.0 Å². The third kappa shape index (κ3) is 6.63. The van der Waals surface area contributed by atoms with Gasteiger partial charge in [0.2, 0.25) is 0 Å². The second-order valence-electron chi connectivity index (χ2n) is 7.07. The minimum atomic E-state index is -4.00. The van der Waals surface area contributed by atoms with Gasteiger partial charge in [-0.2, -0.15) is 11.8 Å². The molecule has 0 unspecified atom stereocenters. The van der Waals surface area contributed by atoms with E-state index in [0.29, 0.717) is 34.3 Å². The predicted octanol–water partition coefficient (Wildman–Crippen LogP) is 5.90. The number of amides is 1. The van der Waals surface area contributed by atoms with Crippen molar-refractivity contribution in [3.05, 3.63) is 93.2 Å². The topological polar surface area (TPSA) is 75.3 Å². The Labute approximate surface area is 206 Å². The van der Waals surface area contributed by atoms with Gasteiger partial charge in [0.25, 0.3) is 15.9 Å². The summed E-state index contributed by atoms with van der Waals surface area (Å²) in [5, 5.41) is 3.09. The Morgan fingerprint density at radius 2 is 1.79 bits per heavy atom. The SMILES string of the molecule is Cc1ccccc1NS(=O)(=O)c1cc(C(=O)NCCSCc2c(F)cccc2Cl)ccc1Cl. The number of sulfonamides is 1. The van der Waals surface area contributed by atoms with Crippen LogP contribution in [0.3, 0.4) is 0 Å². The zero-order chi connectivity index (χ0) is 24.0. The Balaban J connectivity index is 1.61. The maximum absolute atomic E-state index is 13.8. The van der Waals surface area contributed by atoms with E-state index in [-0.39, 0.29) is 21.3 Å². The number of thioether (sulfide) groups is 1. The van der Waals surface area contributed by atoms with E-state index in [2.05, 4.69) is 10.0 Å². The van der Waals surface area contributed by atoms with E-state index in [0.717, 1.165) is 5.56 Å². The molecule has 10 heteroatoms. The van der Waals surface area contributed by atoms with Crippen molar-refractivity contribution in [2.24, 2.45) is 0 Å². The molecule has 3 rings (SSSR count). The van der Waals surface area contributed by atoms with E-state index < -0.39 is 15.9 Å². The van der Waals surface area contributed by atoms with Gasteiger partial charge in [0.15, 0.2) is 0 Å². The second-order valence-corrected chi connectivity index (χ2v) is 10.6. The van der Waals surface area contributed by atoms with Crippen LogP contribution in [0.4, 0.5) is 10.1 Å². The van der Waals surface area contributed by atoms with Crippen LogP contribution in [0.2, 0.25) is 10.0 Å². The molecule has 0 aliphatic carbocycles. The van der Waals surface area contributed by atoms with Crippen molar-refractivity contribution in [3.8, 4) is 0 Å². The molecule has 0 aliphatic heterocycles. The van der Waals surface area contributed by atoms with E-state index >= 15 is 0 Å². The van der Waals surface area contributed by atoms with Crippen molar-refractivity contribution in [1.82, 2.24) is 5.32 Å². The maximum Gasteiger partial charge on any atom is 0.263 e. The molecule has 3 aromatic rings. The standard InChI is InChI=1S/C23H21Cl2FN2O3S2/c1-15-5-2-3-8-21(15)28-33(30,31)22-13-16(9-10-19(22)25)23(29)27-11-12-32-14-17-18(24)6-4-7-20(17)26/h2-10,13,28H,11-12,14H2,1H3,(H,27,29). The molecule has 0 radical (unpaired) electrons. The van der Waals surface area contributed by atoms with Crippen LogP contribution in [0.1, 0.15) is 21.5 Å². The fraction of sp³-hybridized carbons (Fsp3) is 0.174. The smallest absolute Gasteiger partial charge is 0.263 e. The Kier molecular flexibility index (Phi) is 8.64. The molecule has 1 amide bonds. The van der Waals surface area contributed by atoms with Crippen molar-refractivity contribution in [3.63, 3.8) is 0 Å². The highest BCUT2D eigenvalue weighted by molar-refractivity contribution is 7.98. The van der Waals surface area contributed by atoms with Crippen LogP contribution in [0.15, 0.2) is 65.6 Å². The molecular weight excluding hydrogens is 506 g/mol. The molecule has 0 saturated heterocycles. The third-order valence-corrected chi connectivity index (χ3v) is 7.90. The number of hydrogen-bond acceptors (Lipinski definition) is 4. The van der Waals surface area contributed by atoms with E-state index in [1.807, 2.05) is 0 Å². The van der Waals surface area contributed by atoms with Crippen molar-refractivity contribution in [1.29, 1.82) is 0 Å².